The maximum Gasteiger partial charge on any atom is 0.433 e. The van der Waals surface area contributed by atoms with Gasteiger partial charge in [0.15, 0.2) is 0 Å². The first-order chi connectivity index (χ1) is 11.3. The van der Waals surface area contributed by atoms with Crippen LogP contribution in [0.5, 0.6) is 0 Å². The van der Waals surface area contributed by atoms with Crippen molar-refractivity contribution in [3.8, 4) is 0 Å². The van der Waals surface area contributed by atoms with Crippen molar-refractivity contribution in [2.45, 2.75) is 25.3 Å². The molecule has 24 heavy (non-hydrogen) atoms. The third-order valence-corrected chi connectivity index (χ3v) is 3.85. The number of alkyl halides is 3. The fraction of sp³-hybridized carbons (Fsp3) is 0.353. The summed E-state index contributed by atoms with van der Waals surface area (Å²) in [5.74, 6) is -0.0916. The van der Waals surface area contributed by atoms with Gasteiger partial charge in [0.1, 0.15) is 23.4 Å². The zero-order valence-electron chi connectivity index (χ0n) is 12.9. The quantitative estimate of drug-likeness (QED) is 0.766. The van der Waals surface area contributed by atoms with Crippen LogP contribution in [-0.4, -0.2) is 24.2 Å². The van der Waals surface area contributed by atoms with E-state index in [1.54, 1.807) is 23.1 Å². The van der Waals surface area contributed by atoms with E-state index < -0.39 is 11.9 Å². The van der Waals surface area contributed by atoms with Crippen molar-refractivity contribution in [2.24, 2.45) is 0 Å². The summed E-state index contributed by atoms with van der Waals surface area (Å²) in [7, 11) is 0. The molecule has 1 aliphatic rings. The van der Waals surface area contributed by atoms with Crippen LogP contribution in [0.25, 0.3) is 0 Å². The molecule has 2 atom stereocenters. The average molecular weight is 340 g/mol. The van der Waals surface area contributed by atoms with Crippen molar-refractivity contribution < 1.29 is 22.3 Å². The molecule has 0 amide bonds. The predicted octanol–water partition coefficient (Wildman–Crippen LogP) is 4.21. The first-order valence-electron chi connectivity index (χ1n) is 7.53. The van der Waals surface area contributed by atoms with Crippen LogP contribution in [0.3, 0.4) is 0 Å². The molecule has 128 valence electrons. The Labute approximate surface area is 136 Å². The number of aromatic nitrogens is 1. The molecule has 0 saturated carbocycles. The molecule has 0 radical (unpaired) electrons. The molecule has 0 spiro atoms. The molecule has 1 fully saturated rings. The van der Waals surface area contributed by atoms with Gasteiger partial charge in [-0.05, 0) is 36.8 Å². The number of morpholine rings is 1. The van der Waals surface area contributed by atoms with Crippen molar-refractivity contribution in [1.82, 2.24) is 4.98 Å². The molecule has 2 aromatic rings. The molecule has 0 aliphatic carbocycles. The maximum atomic E-state index is 13.1. The van der Waals surface area contributed by atoms with Crippen molar-refractivity contribution in [3.05, 3.63) is 59.5 Å². The van der Waals surface area contributed by atoms with Gasteiger partial charge in [0.2, 0.25) is 0 Å². The van der Waals surface area contributed by atoms with E-state index in [1.165, 1.54) is 18.2 Å². The van der Waals surface area contributed by atoms with Crippen LogP contribution >= 0.6 is 0 Å². The largest absolute Gasteiger partial charge is 0.433 e. The summed E-state index contributed by atoms with van der Waals surface area (Å²) in [4.78, 5) is 5.49. The van der Waals surface area contributed by atoms with Crippen molar-refractivity contribution >= 4 is 5.82 Å². The molecular weight excluding hydrogens is 324 g/mol. The molecular formula is C17H16F4N2O. The number of hydrogen-bond donors (Lipinski definition) is 0. The van der Waals surface area contributed by atoms with Gasteiger partial charge in [-0.25, -0.2) is 9.37 Å². The fourth-order valence-electron chi connectivity index (χ4n) is 2.76. The minimum atomic E-state index is -4.48. The van der Waals surface area contributed by atoms with E-state index >= 15 is 0 Å². The second-order valence-electron chi connectivity index (χ2n) is 5.77. The lowest BCUT2D eigenvalue weighted by atomic mass is 10.1. The van der Waals surface area contributed by atoms with E-state index in [-0.39, 0.29) is 23.8 Å². The van der Waals surface area contributed by atoms with Crippen LogP contribution in [0.2, 0.25) is 0 Å². The average Bonchev–Trinajstić information content (AvgIpc) is 2.54. The summed E-state index contributed by atoms with van der Waals surface area (Å²) in [6.07, 6.45) is -5.03. The Kier molecular flexibility index (Phi) is 4.45. The lowest BCUT2D eigenvalue weighted by Crippen LogP contribution is -2.43. The minimum Gasteiger partial charge on any atom is -0.367 e. The van der Waals surface area contributed by atoms with Gasteiger partial charge < -0.3 is 9.64 Å². The summed E-state index contributed by atoms with van der Waals surface area (Å²) in [6, 6.07) is 9.76. The second kappa shape index (κ2) is 6.39. The van der Waals surface area contributed by atoms with Crippen LogP contribution in [0.15, 0.2) is 42.5 Å². The Hall–Kier alpha value is -2.15. The highest BCUT2D eigenvalue weighted by Gasteiger charge is 2.34. The molecule has 3 nitrogen and oxygen atoms in total. The normalized spacial score (nSPS) is 21.8. The molecule has 1 aliphatic heterocycles. The van der Waals surface area contributed by atoms with Gasteiger partial charge in [-0.15, -0.1) is 0 Å². The molecule has 1 saturated heterocycles. The number of nitrogens with zero attached hydrogens (tertiary/aromatic N) is 2. The Morgan fingerprint density at radius 1 is 1.08 bits per heavy atom. The molecule has 7 heteroatoms. The van der Waals surface area contributed by atoms with E-state index in [0.717, 1.165) is 11.6 Å². The number of pyridine rings is 1. The molecule has 2 unspecified atom stereocenters. The highest BCUT2D eigenvalue weighted by atomic mass is 19.4. The lowest BCUT2D eigenvalue weighted by Gasteiger charge is -2.37. The zero-order chi connectivity index (χ0) is 17.3. The number of halogens is 4. The Morgan fingerprint density at radius 3 is 2.46 bits per heavy atom. The molecule has 1 aromatic carbocycles. The minimum absolute atomic E-state index is 0.190. The molecule has 2 heterocycles. The van der Waals surface area contributed by atoms with Gasteiger partial charge in [0, 0.05) is 13.1 Å². The van der Waals surface area contributed by atoms with Gasteiger partial charge in [-0.3, -0.25) is 0 Å². The Morgan fingerprint density at radius 2 is 1.79 bits per heavy atom. The lowest BCUT2D eigenvalue weighted by molar-refractivity contribution is -0.141. The first kappa shape index (κ1) is 16.7. The summed E-state index contributed by atoms with van der Waals surface area (Å²) in [5, 5.41) is 0. The third-order valence-electron chi connectivity index (χ3n) is 3.85. The zero-order valence-corrected chi connectivity index (χ0v) is 12.9. The second-order valence-corrected chi connectivity index (χ2v) is 5.77. The standard InChI is InChI=1S/C17H16F4N2O/c1-11-9-23(16-4-2-3-15(22-16)17(19,20)21)10-14(24-11)12-5-7-13(18)8-6-12/h2-8,11,14H,9-10H2,1H3. The number of benzene rings is 1. The molecule has 0 N–H and O–H groups in total. The van der Waals surface area contributed by atoms with Crippen molar-refractivity contribution in [1.29, 1.82) is 0 Å². The highest BCUT2D eigenvalue weighted by Crippen LogP contribution is 2.31. The fourth-order valence-corrected chi connectivity index (χ4v) is 2.76. The van der Waals surface area contributed by atoms with Gasteiger partial charge in [0.05, 0.1) is 6.10 Å². The first-order valence-corrected chi connectivity index (χ1v) is 7.53. The van der Waals surface area contributed by atoms with Crippen LogP contribution < -0.4 is 4.90 Å². The Bertz CT molecular complexity index is 702. The van der Waals surface area contributed by atoms with E-state index in [9.17, 15) is 17.6 Å². The van der Waals surface area contributed by atoms with Crippen LogP contribution in [0, 0.1) is 5.82 Å². The van der Waals surface area contributed by atoms with Gasteiger partial charge in [-0.1, -0.05) is 18.2 Å². The summed E-state index contributed by atoms with van der Waals surface area (Å²) < 4.78 is 57.5. The van der Waals surface area contributed by atoms with Crippen molar-refractivity contribution in [3.63, 3.8) is 0 Å². The van der Waals surface area contributed by atoms with Crippen LogP contribution in [0.1, 0.15) is 24.3 Å². The number of ether oxygens (including phenoxy) is 1. The van der Waals surface area contributed by atoms with Gasteiger partial charge >= 0.3 is 6.18 Å². The van der Waals surface area contributed by atoms with E-state index in [0.29, 0.717) is 13.1 Å². The van der Waals surface area contributed by atoms with E-state index in [1.807, 2.05) is 6.92 Å². The topological polar surface area (TPSA) is 25.4 Å². The van der Waals surface area contributed by atoms with Crippen molar-refractivity contribution in [2.75, 3.05) is 18.0 Å². The SMILES string of the molecule is CC1CN(c2cccc(C(F)(F)F)n2)CC(c2ccc(F)cc2)O1. The van der Waals surface area contributed by atoms with Gasteiger partial charge in [-0.2, -0.15) is 13.2 Å². The summed E-state index contributed by atoms with van der Waals surface area (Å²) in [6.45, 7) is 2.63. The predicted molar refractivity (Wildman–Crippen MR) is 81.1 cm³/mol. The molecule has 1 aromatic heterocycles. The summed E-state index contributed by atoms with van der Waals surface area (Å²) in [5.41, 5.74) is -0.141. The third kappa shape index (κ3) is 3.67. The molecule has 3 rings (SSSR count). The van der Waals surface area contributed by atoms with Crippen LogP contribution in [0.4, 0.5) is 23.4 Å². The number of anilines is 1. The van der Waals surface area contributed by atoms with E-state index in [4.69, 9.17) is 4.74 Å². The monoisotopic (exact) mass is 340 g/mol. The van der Waals surface area contributed by atoms with E-state index in [2.05, 4.69) is 4.98 Å². The molecule has 0 bridgehead atoms. The van der Waals surface area contributed by atoms with Gasteiger partial charge in [0.25, 0.3) is 0 Å². The van der Waals surface area contributed by atoms with Crippen LogP contribution in [-0.2, 0) is 10.9 Å². The number of hydrogen-bond acceptors (Lipinski definition) is 3. The Balaban J connectivity index is 1.84. The number of rotatable bonds is 2. The highest BCUT2D eigenvalue weighted by molar-refractivity contribution is 5.41. The smallest absolute Gasteiger partial charge is 0.367 e. The maximum absolute atomic E-state index is 13.1. The summed E-state index contributed by atoms with van der Waals surface area (Å²) >= 11 is 0.